The molecule has 2 aromatic heterocycles. The Morgan fingerprint density at radius 3 is 1.79 bits per heavy atom. The molecular formula is C48H31N3O. The van der Waals surface area contributed by atoms with Gasteiger partial charge in [-0.25, -0.2) is 9.97 Å². The first-order chi connectivity index (χ1) is 25.8. The van der Waals surface area contributed by atoms with Crippen molar-refractivity contribution in [3.05, 3.63) is 188 Å². The fraction of sp³-hybridized carbons (Fsp3) is 0. The first-order valence-electron chi connectivity index (χ1n) is 17.5. The average molecular weight is 666 g/mol. The number of nitrogens with zero attached hydrogens (tertiary/aromatic N) is 3. The molecule has 10 aromatic rings. The molecule has 0 aliphatic rings. The summed E-state index contributed by atoms with van der Waals surface area (Å²) in [5.74, 6) is 0. The summed E-state index contributed by atoms with van der Waals surface area (Å²) >= 11 is 0. The monoisotopic (exact) mass is 665 g/mol. The van der Waals surface area contributed by atoms with Gasteiger partial charge in [-0.15, -0.1) is 0 Å². The summed E-state index contributed by atoms with van der Waals surface area (Å²) in [5, 5.41) is 4.55. The molecule has 0 aliphatic carbocycles. The highest BCUT2D eigenvalue weighted by molar-refractivity contribution is 6.16. The highest BCUT2D eigenvalue weighted by Gasteiger charge is 2.22. The van der Waals surface area contributed by atoms with E-state index in [2.05, 4.69) is 138 Å². The van der Waals surface area contributed by atoms with Gasteiger partial charge in [0.25, 0.3) is 0 Å². The van der Waals surface area contributed by atoms with E-state index in [9.17, 15) is 0 Å². The van der Waals surface area contributed by atoms with Crippen molar-refractivity contribution in [2.75, 3.05) is 4.90 Å². The van der Waals surface area contributed by atoms with Gasteiger partial charge in [-0.3, -0.25) is 0 Å². The topological polar surface area (TPSA) is 42.2 Å². The molecule has 244 valence electrons. The molecule has 0 spiro atoms. The summed E-state index contributed by atoms with van der Waals surface area (Å²) < 4.78 is 6.74. The standard InChI is InChI=1S/C48H31N3O/c1-3-14-34(15-4-1)46-47(50-43-21-11-10-20-42(43)49-46)41-30-29-39(45-40-19-9-12-22-44(40)52-48(41)45)33-24-26-37(27-25-33)51(36-17-5-2-6-18-36)38-28-23-32-13-7-8-16-35(32)31-38/h1-31H. The molecule has 0 unspecified atom stereocenters. The largest absolute Gasteiger partial charge is 0.455 e. The van der Waals surface area contributed by atoms with Crippen molar-refractivity contribution in [2.45, 2.75) is 0 Å². The maximum absolute atomic E-state index is 6.74. The molecule has 0 N–H and O–H groups in total. The van der Waals surface area contributed by atoms with Crippen molar-refractivity contribution in [1.29, 1.82) is 0 Å². The van der Waals surface area contributed by atoms with Crippen molar-refractivity contribution in [2.24, 2.45) is 0 Å². The van der Waals surface area contributed by atoms with Crippen LogP contribution in [0.5, 0.6) is 0 Å². The molecule has 4 nitrogen and oxygen atoms in total. The molecule has 0 saturated carbocycles. The van der Waals surface area contributed by atoms with Gasteiger partial charge in [0, 0.05) is 39.0 Å². The van der Waals surface area contributed by atoms with Gasteiger partial charge >= 0.3 is 0 Å². The number of anilines is 3. The fourth-order valence-corrected chi connectivity index (χ4v) is 7.37. The van der Waals surface area contributed by atoms with Crippen LogP contribution >= 0.6 is 0 Å². The minimum absolute atomic E-state index is 0.796. The zero-order valence-electron chi connectivity index (χ0n) is 28.1. The predicted molar refractivity (Wildman–Crippen MR) is 215 cm³/mol. The lowest BCUT2D eigenvalue weighted by Gasteiger charge is -2.26. The van der Waals surface area contributed by atoms with Gasteiger partial charge in [-0.1, -0.05) is 127 Å². The zero-order chi connectivity index (χ0) is 34.4. The number of hydrogen-bond donors (Lipinski definition) is 0. The third kappa shape index (κ3) is 5.09. The van der Waals surface area contributed by atoms with Crippen LogP contribution in [0.4, 0.5) is 17.1 Å². The van der Waals surface area contributed by atoms with Crippen LogP contribution < -0.4 is 4.90 Å². The Labute approximate surface area is 300 Å². The first-order valence-corrected chi connectivity index (χ1v) is 17.5. The third-order valence-electron chi connectivity index (χ3n) is 9.84. The summed E-state index contributed by atoms with van der Waals surface area (Å²) in [5.41, 5.74) is 12.4. The molecular weight excluding hydrogens is 635 g/mol. The Morgan fingerprint density at radius 1 is 0.404 bits per heavy atom. The predicted octanol–water partition coefficient (Wildman–Crippen LogP) is 13.2. The molecule has 8 aromatic carbocycles. The van der Waals surface area contributed by atoms with Gasteiger partial charge in [-0.2, -0.15) is 0 Å². The van der Waals surface area contributed by atoms with E-state index in [1.807, 2.05) is 54.6 Å². The molecule has 0 atom stereocenters. The van der Waals surface area contributed by atoms with Crippen molar-refractivity contribution < 1.29 is 4.42 Å². The average Bonchev–Trinajstić information content (AvgIpc) is 3.61. The normalized spacial score (nSPS) is 11.5. The minimum Gasteiger partial charge on any atom is -0.455 e. The lowest BCUT2D eigenvalue weighted by Crippen LogP contribution is -2.09. The number of rotatable bonds is 6. The molecule has 0 fully saturated rings. The molecule has 4 heteroatoms. The first kappa shape index (κ1) is 29.8. The van der Waals surface area contributed by atoms with E-state index in [4.69, 9.17) is 14.4 Å². The van der Waals surface area contributed by atoms with Gasteiger partial charge in [0.2, 0.25) is 0 Å². The Balaban J connectivity index is 1.14. The Morgan fingerprint density at radius 2 is 1.00 bits per heavy atom. The number of benzene rings is 8. The Hall–Kier alpha value is -7.04. The van der Waals surface area contributed by atoms with E-state index in [0.29, 0.717) is 0 Å². The van der Waals surface area contributed by atoms with Crippen molar-refractivity contribution >= 4 is 60.8 Å². The lowest BCUT2D eigenvalue weighted by molar-refractivity contribution is 0.670. The zero-order valence-corrected chi connectivity index (χ0v) is 28.1. The third-order valence-corrected chi connectivity index (χ3v) is 9.84. The summed E-state index contributed by atoms with van der Waals surface area (Å²) in [6.45, 7) is 0. The van der Waals surface area contributed by atoms with Gasteiger partial charge in [-0.05, 0) is 82.6 Å². The highest BCUT2D eigenvalue weighted by atomic mass is 16.3. The van der Waals surface area contributed by atoms with E-state index in [-0.39, 0.29) is 0 Å². The van der Waals surface area contributed by atoms with Crippen LogP contribution in [0, 0.1) is 0 Å². The van der Waals surface area contributed by atoms with E-state index in [1.165, 1.54) is 10.8 Å². The van der Waals surface area contributed by atoms with E-state index < -0.39 is 0 Å². The van der Waals surface area contributed by atoms with Gasteiger partial charge in [0.1, 0.15) is 16.9 Å². The molecule has 0 aliphatic heterocycles. The van der Waals surface area contributed by atoms with E-state index >= 15 is 0 Å². The number of furan rings is 1. The van der Waals surface area contributed by atoms with Gasteiger partial charge < -0.3 is 9.32 Å². The molecule has 0 radical (unpaired) electrons. The van der Waals surface area contributed by atoms with Crippen LogP contribution in [-0.2, 0) is 0 Å². The van der Waals surface area contributed by atoms with E-state index in [1.54, 1.807) is 0 Å². The number of para-hydroxylation sites is 4. The second kappa shape index (κ2) is 12.4. The highest BCUT2D eigenvalue weighted by Crippen LogP contribution is 2.44. The summed E-state index contributed by atoms with van der Waals surface area (Å²) in [6.07, 6.45) is 0. The Kier molecular flexibility index (Phi) is 7.10. The minimum atomic E-state index is 0.796. The van der Waals surface area contributed by atoms with E-state index in [0.717, 1.165) is 83.7 Å². The maximum atomic E-state index is 6.74. The summed E-state index contributed by atoms with van der Waals surface area (Å²) in [7, 11) is 0. The number of fused-ring (bicyclic) bond motifs is 5. The van der Waals surface area contributed by atoms with Crippen LogP contribution in [0.3, 0.4) is 0 Å². The van der Waals surface area contributed by atoms with Crippen LogP contribution in [0.2, 0.25) is 0 Å². The molecule has 0 saturated heterocycles. The van der Waals surface area contributed by atoms with Crippen molar-refractivity contribution in [1.82, 2.24) is 9.97 Å². The Bertz CT molecular complexity index is 2900. The quantitative estimate of drug-likeness (QED) is 0.177. The SMILES string of the molecule is c1ccc(-c2nc3ccccc3nc2-c2ccc(-c3ccc(N(c4ccccc4)c4ccc5ccccc5c4)cc3)c3c2oc2ccccc23)cc1. The maximum Gasteiger partial charge on any atom is 0.145 e. The van der Waals surface area contributed by atoms with Gasteiger partial charge in [0.05, 0.1) is 16.7 Å². The van der Waals surface area contributed by atoms with Crippen molar-refractivity contribution in [3.63, 3.8) is 0 Å². The summed E-state index contributed by atoms with van der Waals surface area (Å²) in [4.78, 5) is 12.7. The van der Waals surface area contributed by atoms with Crippen LogP contribution in [0.15, 0.2) is 192 Å². The molecule has 2 heterocycles. The van der Waals surface area contributed by atoms with Crippen LogP contribution in [-0.4, -0.2) is 9.97 Å². The van der Waals surface area contributed by atoms with Crippen molar-refractivity contribution in [3.8, 4) is 33.6 Å². The molecule has 0 amide bonds. The van der Waals surface area contributed by atoms with Crippen LogP contribution in [0.1, 0.15) is 0 Å². The van der Waals surface area contributed by atoms with Gasteiger partial charge in [0.15, 0.2) is 0 Å². The fourth-order valence-electron chi connectivity index (χ4n) is 7.37. The summed E-state index contributed by atoms with van der Waals surface area (Å²) in [6, 6.07) is 65.5. The van der Waals surface area contributed by atoms with Crippen LogP contribution in [0.25, 0.3) is 77.4 Å². The lowest BCUT2D eigenvalue weighted by atomic mass is 9.94. The molecule has 0 bridgehead atoms. The number of aromatic nitrogens is 2. The second-order valence-corrected chi connectivity index (χ2v) is 13.0. The smallest absolute Gasteiger partial charge is 0.145 e. The molecule has 52 heavy (non-hydrogen) atoms. The second-order valence-electron chi connectivity index (χ2n) is 13.0. The molecule has 10 rings (SSSR count). The number of hydrogen-bond acceptors (Lipinski definition) is 4.